The fourth-order valence-corrected chi connectivity index (χ4v) is 3.25. The molecule has 1 saturated heterocycles. The van der Waals surface area contributed by atoms with Crippen molar-refractivity contribution in [3.63, 3.8) is 0 Å². The van der Waals surface area contributed by atoms with E-state index in [1.54, 1.807) is 0 Å². The van der Waals surface area contributed by atoms with E-state index in [1.807, 2.05) is 43.3 Å². The fourth-order valence-electron chi connectivity index (χ4n) is 3.25. The van der Waals surface area contributed by atoms with Gasteiger partial charge in [-0.15, -0.1) is 0 Å². The molecule has 0 spiro atoms. The Hall–Kier alpha value is -3.20. The molecule has 0 amide bonds. The average Bonchev–Trinajstić information content (AvgIpc) is 2.74. The van der Waals surface area contributed by atoms with Gasteiger partial charge in [-0.3, -0.25) is 4.98 Å². The Balaban J connectivity index is 1.72. The molecule has 3 aromatic rings. The van der Waals surface area contributed by atoms with Crippen molar-refractivity contribution >= 4 is 17.3 Å². The van der Waals surface area contributed by atoms with Gasteiger partial charge >= 0.3 is 6.18 Å². The summed E-state index contributed by atoms with van der Waals surface area (Å²) in [5.41, 5.74) is 3.00. The number of halogens is 3. The molecule has 2 aromatic heterocycles. The second-order valence-electron chi connectivity index (χ2n) is 6.92. The molecule has 0 unspecified atom stereocenters. The van der Waals surface area contributed by atoms with Crippen LogP contribution in [0.4, 0.5) is 30.5 Å². The van der Waals surface area contributed by atoms with Crippen molar-refractivity contribution in [3.05, 3.63) is 60.0 Å². The summed E-state index contributed by atoms with van der Waals surface area (Å²) in [5, 5.41) is 2.91. The van der Waals surface area contributed by atoms with Crippen LogP contribution in [0.5, 0.6) is 0 Å². The Labute approximate surface area is 171 Å². The molecular formula is C21H20F3N5O. The summed E-state index contributed by atoms with van der Waals surface area (Å²) in [6.07, 6.45) is -3.45. The van der Waals surface area contributed by atoms with Crippen molar-refractivity contribution in [2.24, 2.45) is 0 Å². The number of nitrogens with zero attached hydrogens (tertiary/aromatic N) is 4. The number of hydrogen-bond donors (Lipinski definition) is 1. The van der Waals surface area contributed by atoms with Crippen molar-refractivity contribution in [1.82, 2.24) is 15.0 Å². The molecule has 30 heavy (non-hydrogen) atoms. The molecule has 4 rings (SSSR count). The van der Waals surface area contributed by atoms with Gasteiger partial charge in [-0.05, 0) is 43.3 Å². The van der Waals surface area contributed by atoms with Crippen LogP contribution in [-0.4, -0.2) is 41.3 Å². The van der Waals surface area contributed by atoms with Crippen LogP contribution in [0.2, 0.25) is 0 Å². The number of rotatable bonds is 4. The second-order valence-corrected chi connectivity index (χ2v) is 6.92. The number of benzene rings is 1. The van der Waals surface area contributed by atoms with Gasteiger partial charge in [-0.1, -0.05) is 6.07 Å². The van der Waals surface area contributed by atoms with E-state index in [0.29, 0.717) is 18.9 Å². The number of nitrogens with one attached hydrogen (secondary N) is 1. The highest BCUT2D eigenvalue weighted by Gasteiger charge is 2.32. The Bertz CT molecular complexity index is 1040. The number of alkyl halides is 3. The Kier molecular flexibility index (Phi) is 5.54. The minimum atomic E-state index is -4.54. The molecule has 0 bridgehead atoms. The smallest absolute Gasteiger partial charge is 0.378 e. The average molecular weight is 415 g/mol. The third-order valence-electron chi connectivity index (χ3n) is 4.68. The van der Waals surface area contributed by atoms with Crippen LogP contribution >= 0.6 is 0 Å². The zero-order valence-corrected chi connectivity index (χ0v) is 16.3. The first-order valence-corrected chi connectivity index (χ1v) is 9.47. The second kappa shape index (κ2) is 8.27. The molecular weight excluding hydrogens is 395 g/mol. The van der Waals surface area contributed by atoms with Crippen molar-refractivity contribution in [1.29, 1.82) is 0 Å². The normalized spacial score (nSPS) is 14.6. The van der Waals surface area contributed by atoms with Crippen molar-refractivity contribution in [3.8, 4) is 11.3 Å². The number of aryl methyl sites for hydroxylation is 1. The van der Waals surface area contributed by atoms with Gasteiger partial charge in [0.1, 0.15) is 5.69 Å². The molecule has 0 radical (unpaired) electrons. The summed E-state index contributed by atoms with van der Waals surface area (Å²) < 4.78 is 44.4. The standard InChI is InChI=1S/C21H20F3N5O/c1-14-3-2-4-18(26-14)15-11-16(13-17(12-15)29-7-9-30-10-8-29)27-20-25-6-5-19(28-20)21(22,23)24/h2-6,11-13H,7-10H2,1H3,(H,25,27,28). The minimum absolute atomic E-state index is 0.118. The van der Waals surface area contributed by atoms with Gasteiger partial charge in [0.15, 0.2) is 0 Å². The number of ether oxygens (including phenoxy) is 1. The molecule has 0 aliphatic carbocycles. The topological polar surface area (TPSA) is 63.2 Å². The lowest BCUT2D eigenvalue weighted by Gasteiger charge is -2.29. The molecule has 0 atom stereocenters. The quantitative estimate of drug-likeness (QED) is 0.680. The lowest BCUT2D eigenvalue weighted by molar-refractivity contribution is -0.141. The highest BCUT2D eigenvalue weighted by atomic mass is 19.4. The minimum Gasteiger partial charge on any atom is -0.378 e. The number of aromatic nitrogens is 3. The first kappa shape index (κ1) is 20.1. The molecule has 1 fully saturated rings. The number of pyridine rings is 1. The summed E-state index contributed by atoms with van der Waals surface area (Å²) in [6, 6.07) is 12.3. The molecule has 6 nitrogen and oxygen atoms in total. The third kappa shape index (κ3) is 4.68. The highest BCUT2D eigenvalue weighted by Crippen LogP contribution is 2.31. The van der Waals surface area contributed by atoms with Gasteiger partial charge in [0.25, 0.3) is 0 Å². The molecule has 3 heterocycles. The van der Waals surface area contributed by atoms with E-state index in [-0.39, 0.29) is 5.95 Å². The maximum atomic E-state index is 13.0. The van der Waals surface area contributed by atoms with Crippen LogP contribution in [0.3, 0.4) is 0 Å². The van der Waals surface area contributed by atoms with Gasteiger partial charge in [-0.25, -0.2) is 9.97 Å². The molecule has 0 saturated carbocycles. The Morgan fingerprint density at radius 2 is 1.83 bits per heavy atom. The van der Waals surface area contributed by atoms with Crippen LogP contribution in [0.15, 0.2) is 48.7 Å². The molecule has 156 valence electrons. The zero-order chi connectivity index (χ0) is 21.1. The monoisotopic (exact) mass is 415 g/mol. The van der Waals surface area contributed by atoms with Gasteiger partial charge in [0, 0.05) is 41.9 Å². The third-order valence-corrected chi connectivity index (χ3v) is 4.68. The van der Waals surface area contributed by atoms with Crippen LogP contribution in [0, 0.1) is 6.92 Å². The first-order valence-electron chi connectivity index (χ1n) is 9.47. The van der Waals surface area contributed by atoms with Crippen molar-refractivity contribution in [2.75, 3.05) is 36.5 Å². The lowest BCUT2D eigenvalue weighted by atomic mass is 10.1. The predicted molar refractivity (Wildman–Crippen MR) is 108 cm³/mol. The largest absolute Gasteiger partial charge is 0.433 e. The van der Waals surface area contributed by atoms with E-state index in [2.05, 4.69) is 25.2 Å². The highest BCUT2D eigenvalue weighted by molar-refractivity contribution is 5.74. The van der Waals surface area contributed by atoms with E-state index < -0.39 is 11.9 Å². The van der Waals surface area contributed by atoms with E-state index in [9.17, 15) is 13.2 Å². The molecule has 1 N–H and O–H groups in total. The maximum Gasteiger partial charge on any atom is 0.433 e. The molecule has 1 aliphatic rings. The van der Waals surface area contributed by atoms with E-state index in [4.69, 9.17) is 4.74 Å². The van der Waals surface area contributed by atoms with Crippen LogP contribution < -0.4 is 10.2 Å². The Morgan fingerprint density at radius 1 is 1.03 bits per heavy atom. The fraction of sp³-hybridized carbons (Fsp3) is 0.286. The van der Waals surface area contributed by atoms with E-state index >= 15 is 0 Å². The summed E-state index contributed by atoms with van der Waals surface area (Å²) in [7, 11) is 0. The summed E-state index contributed by atoms with van der Waals surface area (Å²) in [4.78, 5) is 14.3. The van der Waals surface area contributed by atoms with Gasteiger partial charge in [-0.2, -0.15) is 13.2 Å². The first-order chi connectivity index (χ1) is 14.4. The predicted octanol–water partition coefficient (Wildman–Crippen LogP) is 4.45. The van der Waals surface area contributed by atoms with E-state index in [1.165, 1.54) is 0 Å². The van der Waals surface area contributed by atoms with Gasteiger partial charge in [0.2, 0.25) is 5.95 Å². The van der Waals surface area contributed by atoms with Crippen LogP contribution in [0.25, 0.3) is 11.3 Å². The SMILES string of the molecule is Cc1cccc(-c2cc(Nc3nccc(C(F)(F)F)n3)cc(N3CCOCC3)c2)n1. The maximum absolute atomic E-state index is 13.0. The number of anilines is 3. The van der Waals surface area contributed by atoms with Gasteiger partial charge in [0.05, 0.1) is 18.9 Å². The van der Waals surface area contributed by atoms with Crippen LogP contribution in [0.1, 0.15) is 11.4 Å². The van der Waals surface area contributed by atoms with Gasteiger partial charge < -0.3 is 15.0 Å². The van der Waals surface area contributed by atoms with E-state index in [0.717, 1.165) is 48.0 Å². The zero-order valence-electron chi connectivity index (χ0n) is 16.3. The lowest BCUT2D eigenvalue weighted by Crippen LogP contribution is -2.36. The Morgan fingerprint density at radius 3 is 2.57 bits per heavy atom. The molecule has 1 aliphatic heterocycles. The summed E-state index contributed by atoms with van der Waals surface area (Å²) in [5.74, 6) is -0.118. The number of hydrogen-bond acceptors (Lipinski definition) is 6. The van der Waals surface area contributed by atoms with Crippen molar-refractivity contribution in [2.45, 2.75) is 13.1 Å². The summed E-state index contributed by atoms with van der Waals surface area (Å²) >= 11 is 0. The summed E-state index contributed by atoms with van der Waals surface area (Å²) in [6.45, 7) is 4.60. The molecule has 9 heteroatoms. The number of morpholine rings is 1. The van der Waals surface area contributed by atoms with Crippen molar-refractivity contribution < 1.29 is 17.9 Å². The molecule has 1 aromatic carbocycles. The van der Waals surface area contributed by atoms with Crippen LogP contribution in [-0.2, 0) is 10.9 Å².